The van der Waals surface area contributed by atoms with Gasteiger partial charge in [0.25, 0.3) is 5.91 Å². The molecule has 0 heterocycles. The summed E-state index contributed by atoms with van der Waals surface area (Å²) >= 11 is 12.5. The number of amides is 1. The monoisotopic (exact) mass is 433 g/mol. The number of carbonyl (C=O) groups excluding carboxylic acids is 1. The van der Waals surface area contributed by atoms with Crippen LogP contribution in [0, 0.1) is 5.92 Å². The first-order chi connectivity index (χ1) is 14.0. The highest BCUT2D eigenvalue weighted by Crippen LogP contribution is 2.53. The first kappa shape index (κ1) is 21.1. The van der Waals surface area contributed by atoms with E-state index >= 15 is 0 Å². The third kappa shape index (κ3) is 5.28. The fourth-order valence-corrected chi connectivity index (χ4v) is 3.94. The minimum absolute atomic E-state index is 0.0353. The average Bonchev–Trinajstić information content (AvgIpc) is 3.45. The van der Waals surface area contributed by atoms with E-state index in [2.05, 4.69) is 10.3 Å². The largest absolute Gasteiger partial charge is 0.398 e. The van der Waals surface area contributed by atoms with Gasteiger partial charge >= 0.3 is 0 Å². The van der Waals surface area contributed by atoms with Gasteiger partial charge in [0.05, 0.1) is 0 Å². The van der Waals surface area contributed by atoms with Crippen LogP contribution >= 0.6 is 23.2 Å². The summed E-state index contributed by atoms with van der Waals surface area (Å²) in [6.45, 7) is 0.174. The molecule has 29 heavy (non-hydrogen) atoms. The van der Waals surface area contributed by atoms with Crippen molar-refractivity contribution in [2.75, 3.05) is 7.11 Å². The maximum atomic E-state index is 11.6. The first-order valence-electron chi connectivity index (χ1n) is 9.09. The third-order valence-electron chi connectivity index (χ3n) is 4.76. The number of benzene rings is 2. The van der Waals surface area contributed by atoms with Gasteiger partial charge in [0.2, 0.25) is 0 Å². The molecule has 3 rings (SSSR count). The summed E-state index contributed by atoms with van der Waals surface area (Å²) in [5, 5.41) is 9.15. The highest BCUT2D eigenvalue weighted by molar-refractivity contribution is 6.45. The second-order valence-electron chi connectivity index (χ2n) is 6.68. The van der Waals surface area contributed by atoms with Crippen LogP contribution in [0.15, 0.2) is 52.8 Å². The number of nitrogens with two attached hydrogens (primary N) is 1. The second-order valence-corrected chi connectivity index (χ2v) is 7.49. The highest BCUT2D eigenvalue weighted by atomic mass is 35.5. The van der Waals surface area contributed by atoms with E-state index in [1.165, 1.54) is 7.11 Å². The van der Waals surface area contributed by atoms with E-state index in [4.69, 9.17) is 38.6 Å². The molecule has 1 fully saturated rings. The van der Waals surface area contributed by atoms with Gasteiger partial charge in [0.1, 0.15) is 13.7 Å². The molecular formula is C21H21Cl2N3O3. The minimum Gasteiger partial charge on any atom is -0.398 e. The Bertz CT molecular complexity index is 926. The molecule has 1 amide bonds. The van der Waals surface area contributed by atoms with E-state index in [0.717, 1.165) is 24.0 Å². The summed E-state index contributed by atoms with van der Waals surface area (Å²) < 4.78 is 0. The van der Waals surface area contributed by atoms with Crippen molar-refractivity contribution in [1.29, 1.82) is 0 Å². The molecule has 6 nitrogen and oxygen atoms in total. The Morgan fingerprint density at radius 1 is 1.21 bits per heavy atom. The van der Waals surface area contributed by atoms with Crippen LogP contribution in [0.25, 0.3) is 0 Å². The normalized spacial score (nSPS) is 18.7. The number of carbonyl (C=O) groups is 1. The van der Waals surface area contributed by atoms with Crippen molar-refractivity contribution in [3.63, 3.8) is 0 Å². The predicted octanol–water partition coefficient (Wildman–Crippen LogP) is 4.53. The molecule has 0 saturated heterocycles. The summed E-state index contributed by atoms with van der Waals surface area (Å²) in [5.74, 6) is 0.120. The van der Waals surface area contributed by atoms with E-state index in [1.54, 1.807) is 18.3 Å². The zero-order valence-corrected chi connectivity index (χ0v) is 17.4. The molecule has 152 valence electrons. The van der Waals surface area contributed by atoms with Crippen molar-refractivity contribution in [1.82, 2.24) is 0 Å². The highest BCUT2D eigenvalue weighted by Gasteiger charge is 2.39. The Morgan fingerprint density at radius 2 is 1.93 bits per heavy atom. The van der Waals surface area contributed by atoms with Crippen molar-refractivity contribution in [2.45, 2.75) is 25.4 Å². The molecule has 2 atom stereocenters. The second kappa shape index (κ2) is 9.76. The van der Waals surface area contributed by atoms with Crippen LogP contribution in [-0.4, -0.2) is 24.9 Å². The van der Waals surface area contributed by atoms with Gasteiger partial charge in [-0.2, -0.15) is 0 Å². The lowest BCUT2D eigenvalue weighted by atomic mass is 10.0. The number of halogens is 2. The number of nitrogens with zero attached hydrogens (tertiary/aromatic N) is 2. The fourth-order valence-electron chi connectivity index (χ4n) is 3.26. The average molecular weight is 434 g/mol. The first-order valence-corrected chi connectivity index (χ1v) is 9.85. The van der Waals surface area contributed by atoms with E-state index in [-0.39, 0.29) is 12.3 Å². The van der Waals surface area contributed by atoms with Crippen LogP contribution in [0.4, 0.5) is 0 Å². The lowest BCUT2D eigenvalue weighted by Crippen LogP contribution is -2.25. The van der Waals surface area contributed by atoms with Crippen molar-refractivity contribution in [3.8, 4) is 0 Å². The molecule has 2 unspecified atom stereocenters. The lowest BCUT2D eigenvalue weighted by Gasteiger charge is -2.08. The summed E-state index contributed by atoms with van der Waals surface area (Å²) in [4.78, 5) is 21.7. The number of primary amides is 1. The van der Waals surface area contributed by atoms with Crippen LogP contribution in [-0.2, 0) is 21.1 Å². The van der Waals surface area contributed by atoms with Crippen LogP contribution in [0.3, 0.4) is 0 Å². The molecule has 1 saturated carbocycles. The van der Waals surface area contributed by atoms with E-state index in [9.17, 15) is 4.79 Å². The van der Waals surface area contributed by atoms with Crippen LogP contribution < -0.4 is 5.73 Å². The standard InChI is InChI=1S/C21H21Cl2N3O3/c1-28-26-20(21(24)27)15-6-3-2-5-14(15)12-29-25-10-9-13-11-16(13)19-17(22)7-4-8-18(19)23/h2-8,10,13,16H,9,11-12H2,1H3,(H2,24,27). The molecule has 8 heteroatoms. The maximum Gasteiger partial charge on any atom is 0.271 e. The number of hydrogen-bond acceptors (Lipinski definition) is 5. The quantitative estimate of drug-likeness (QED) is 0.465. The zero-order chi connectivity index (χ0) is 20.8. The van der Waals surface area contributed by atoms with Crippen LogP contribution in [0.1, 0.15) is 35.4 Å². The van der Waals surface area contributed by atoms with E-state index in [0.29, 0.717) is 27.4 Å². The van der Waals surface area contributed by atoms with Gasteiger partial charge in [-0.05, 0) is 42.4 Å². The van der Waals surface area contributed by atoms with Gasteiger partial charge in [-0.3, -0.25) is 4.79 Å². The molecule has 2 aromatic rings. The van der Waals surface area contributed by atoms with Gasteiger partial charge in [0, 0.05) is 27.4 Å². The van der Waals surface area contributed by atoms with Crippen LogP contribution in [0.2, 0.25) is 10.0 Å². The molecule has 0 aromatic heterocycles. The van der Waals surface area contributed by atoms with Crippen molar-refractivity contribution < 1.29 is 14.5 Å². The molecule has 1 aliphatic carbocycles. The van der Waals surface area contributed by atoms with Gasteiger partial charge in [-0.25, -0.2) is 0 Å². The summed E-state index contributed by atoms with van der Waals surface area (Å²) in [7, 11) is 1.35. The van der Waals surface area contributed by atoms with Crippen molar-refractivity contribution >= 4 is 41.0 Å². The number of oxime groups is 2. The lowest BCUT2D eigenvalue weighted by molar-refractivity contribution is -0.112. The molecule has 0 aliphatic heterocycles. The zero-order valence-electron chi connectivity index (χ0n) is 15.8. The van der Waals surface area contributed by atoms with Gasteiger partial charge < -0.3 is 15.4 Å². The van der Waals surface area contributed by atoms with Crippen molar-refractivity contribution in [3.05, 3.63) is 69.2 Å². The molecule has 2 aromatic carbocycles. The van der Waals surface area contributed by atoms with Gasteiger partial charge in [-0.1, -0.05) is 63.8 Å². The summed E-state index contributed by atoms with van der Waals surface area (Å²) in [5.41, 5.74) is 7.71. The Balaban J connectivity index is 1.55. The van der Waals surface area contributed by atoms with E-state index < -0.39 is 5.91 Å². The van der Waals surface area contributed by atoms with Gasteiger partial charge in [0.15, 0.2) is 5.71 Å². The molecule has 2 N–H and O–H groups in total. The maximum absolute atomic E-state index is 11.6. The minimum atomic E-state index is -0.680. The van der Waals surface area contributed by atoms with Gasteiger partial charge in [-0.15, -0.1) is 0 Å². The molecular weight excluding hydrogens is 413 g/mol. The SMILES string of the molecule is CON=C(C(N)=O)c1ccccc1CON=CCC1CC1c1c(Cl)cccc1Cl. The Labute approximate surface area is 179 Å². The molecule has 0 spiro atoms. The predicted molar refractivity (Wildman–Crippen MR) is 114 cm³/mol. The Kier molecular flexibility index (Phi) is 7.12. The molecule has 0 radical (unpaired) electrons. The number of rotatable bonds is 9. The van der Waals surface area contributed by atoms with E-state index in [1.807, 2.05) is 30.3 Å². The third-order valence-corrected chi connectivity index (χ3v) is 5.42. The Hall–Kier alpha value is -2.57. The summed E-state index contributed by atoms with van der Waals surface area (Å²) in [6.07, 6.45) is 3.54. The fraction of sp³-hybridized carbons (Fsp3) is 0.286. The molecule has 1 aliphatic rings. The van der Waals surface area contributed by atoms with Crippen molar-refractivity contribution in [2.24, 2.45) is 22.0 Å². The summed E-state index contributed by atoms with van der Waals surface area (Å²) in [6, 6.07) is 12.7. The molecule has 0 bridgehead atoms. The number of hydrogen-bond donors (Lipinski definition) is 1. The smallest absolute Gasteiger partial charge is 0.271 e. The van der Waals surface area contributed by atoms with Crippen LogP contribution in [0.5, 0.6) is 0 Å². The topological polar surface area (TPSA) is 86.3 Å². The Morgan fingerprint density at radius 3 is 2.62 bits per heavy atom.